The molecule has 0 amide bonds. The molecule has 2 heterocycles. The van der Waals surface area contributed by atoms with E-state index in [1.807, 2.05) is 30.3 Å². The molecule has 0 saturated carbocycles. The molecule has 0 spiro atoms. The first-order chi connectivity index (χ1) is 10.5. The van der Waals surface area contributed by atoms with Crippen molar-refractivity contribution in [3.8, 4) is 0 Å². The Kier molecular flexibility index (Phi) is 3.81. The molecule has 1 aromatic carbocycles. The van der Waals surface area contributed by atoms with Crippen LogP contribution in [-0.2, 0) is 24.7 Å². The van der Waals surface area contributed by atoms with Crippen LogP contribution in [-0.4, -0.2) is 25.0 Å². The fourth-order valence-electron chi connectivity index (χ4n) is 3.93. The van der Waals surface area contributed by atoms with Gasteiger partial charge >= 0.3 is 5.97 Å². The van der Waals surface area contributed by atoms with Gasteiger partial charge in [0.05, 0.1) is 13.2 Å². The summed E-state index contributed by atoms with van der Waals surface area (Å²) in [5, 5.41) is 0. The minimum Gasteiger partial charge on any atom is -0.468 e. The molecule has 4 atom stereocenters. The number of fused-ring (bicyclic) bond motifs is 2. The number of hydrogen-bond acceptors (Lipinski definition) is 4. The van der Waals surface area contributed by atoms with E-state index in [1.165, 1.54) is 7.11 Å². The highest BCUT2D eigenvalue weighted by molar-refractivity contribution is 6.01. The number of benzene rings is 1. The van der Waals surface area contributed by atoms with Gasteiger partial charge in [0.15, 0.2) is 5.78 Å². The predicted octanol–water partition coefficient (Wildman–Crippen LogP) is 2.71. The van der Waals surface area contributed by atoms with Gasteiger partial charge in [-0.3, -0.25) is 9.59 Å². The minimum absolute atomic E-state index is 0.0601. The first-order valence-electron chi connectivity index (χ1n) is 7.82. The van der Waals surface area contributed by atoms with Crippen molar-refractivity contribution >= 4 is 11.8 Å². The Morgan fingerprint density at radius 1 is 1.32 bits per heavy atom. The van der Waals surface area contributed by atoms with Crippen molar-refractivity contribution in [3.63, 3.8) is 0 Å². The van der Waals surface area contributed by atoms with Crippen LogP contribution in [0.5, 0.6) is 0 Å². The van der Waals surface area contributed by atoms with Gasteiger partial charge < -0.3 is 9.47 Å². The summed E-state index contributed by atoms with van der Waals surface area (Å²) in [7, 11) is 1.33. The van der Waals surface area contributed by atoms with Crippen LogP contribution in [0.3, 0.4) is 0 Å². The molecule has 22 heavy (non-hydrogen) atoms. The van der Waals surface area contributed by atoms with Gasteiger partial charge in [-0.2, -0.15) is 0 Å². The van der Waals surface area contributed by atoms with Gasteiger partial charge in [-0.1, -0.05) is 44.2 Å². The van der Waals surface area contributed by atoms with E-state index in [1.54, 1.807) is 0 Å². The Morgan fingerprint density at radius 3 is 2.59 bits per heavy atom. The smallest absolute Gasteiger partial charge is 0.318 e. The Balaban J connectivity index is 2.01. The van der Waals surface area contributed by atoms with Crippen LogP contribution < -0.4 is 0 Å². The zero-order chi connectivity index (χ0) is 15.9. The maximum Gasteiger partial charge on any atom is 0.318 e. The van der Waals surface area contributed by atoms with Crippen molar-refractivity contribution < 1.29 is 19.1 Å². The lowest BCUT2D eigenvalue weighted by atomic mass is 9.81. The van der Waals surface area contributed by atoms with Crippen molar-refractivity contribution in [1.82, 2.24) is 0 Å². The Bertz CT molecular complexity index is 580. The molecule has 0 N–H and O–H groups in total. The molecular weight excluding hydrogens is 280 g/mol. The van der Waals surface area contributed by atoms with Crippen LogP contribution in [0.2, 0.25) is 0 Å². The molecule has 3 rings (SSSR count). The van der Waals surface area contributed by atoms with Crippen molar-refractivity contribution in [2.75, 3.05) is 7.11 Å². The van der Waals surface area contributed by atoms with Crippen molar-refractivity contribution in [2.45, 2.75) is 38.4 Å². The van der Waals surface area contributed by atoms with Crippen LogP contribution >= 0.6 is 0 Å². The van der Waals surface area contributed by atoms with E-state index < -0.39 is 17.5 Å². The zero-order valence-electron chi connectivity index (χ0n) is 13.2. The predicted molar refractivity (Wildman–Crippen MR) is 81.1 cm³/mol. The molecular formula is C18H22O4. The van der Waals surface area contributed by atoms with Crippen LogP contribution in [0.25, 0.3) is 0 Å². The molecule has 2 bridgehead atoms. The molecule has 2 saturated heterocycles. The largest absolute Gasteiger partial charge is 0.468 e. The molecule has 2 fully saturated rings. The van der Waals surface area contributed by atoms with Crippen LogP contribution in [0, 0.1) is 17.8 Å². The average molecular weight is 302 g/mol. The third kappa shape index (κ3) is 2.26. The van der Waals surface area contributed by atoms with Gasteiger partial charge in [-0.05, 0) is 23.8 Å². The molecule has 4 heteroatoms. The Hall–Kier alpha value is -1.68. The minimum atomic E-state index is -0.781. The molecule has 0 unspecified atom stereocenters. The van der Waals surface area contributed by atoms with E-state index in [2.05, 4.69) is 13.8 Å². The third-order valence-corrected chi connectivity index (χ3v) is 5.10. The standard InChI is InChI=1S/C18H22O4/c1-11(2)13-9-18(12-7-5-4-6-8-12)10-14(19)15(16(13)22-18)17(20)21-3/h4-8,11,13,15-16H,9-10H2,1-3H3/t13-,15+,16+,18-/m0/s1. The SMILES string of the molecule is COC(=O)[C@@H]1C(=O)C[C@]2(c3ccccc3)C[C@@H](C(C)C)[C@H]1O2. The highest BCUT2D eigenvalue weighted by Gasteiger charge is 2.59. The van der Waals surface area contributed by atoms with E-state index in [0.29, 0.717) is 5.92 Å². The summed E-state index contributed by atoms with van der Waals surface area (Å²) >= 11 is 0. The molecule has 2 aliphatic heterocycles. The van der Waals surface area contributed by atoms with E-state index in [4.69, 9.17) is 9.47 Å². The number of rotatable bonds is 3. The number of Topliss-reactive ketones (excluding diaryl/α,β-unsaturated/α-hetero) is 1. The second-order valence-corrected chi connectivity index (χ2v) is 6.70. The highest BCUT2D eigenvalue weighted by Crippen LogP contribution is 2.53. The number of ketones is 1. The number of hydrogen-bond donors (Lipinski definition) is 0. The van der Waals surface area contributed by atoms with Gasteiger partial charge in [-0.15, -0.1) is 0 Å². The van der Waals surface area contributed by atoms with Crippen molar-refractivity contribution in [3.05, 3.63) is 35.9 Å². The molecule has 0 aliphatic carbocycles. The topological polar surface area (TPSA) is 52.6 Å². The molecule has 4 nitrogen and oxygen atoms in total. The fourth-order valence-corrected chi connectivity index (χ4v) is 3.93. The van der Waals surface area contributed by atoms with E-state index >= 15 is 0 Å². The maximum atomic E-state index is 12.6. The van der Waals surface area contributed by atoms with Gasteiger partial charge in [0.2, 0.25) is 0 Å². The second kappa shape index (κ2) is 5.51. The summed E-state index contributed by atoms with van der Waals surface area (Å²) in [6.45, 7) is 4.23. The van der Waals surface area contributed by atoms with Gasteiger partial charge in [-0.25, -0.2) is 0 Å². The van der Waals surface area contributed by atoms with Gasteiger partial charge in [0, 0.05) is 6.42 Å². The van der Waals surface area contributed by atoms with Gasteiger partial charge in [0.25, 0.3) is 0 Å². The van der Waals surface area contributed by atoms with E-state index in [9.17, 15) is 9.59 Å². The summed E-state index contributed by atoms with van der Waals surface area (Å²) < 4.78 is 11.2. The summed E-state index contributed by atoms with van der Waals surface area (Å²) in [5.41, 5.74) is 0.447. The molecule has 1 aromatic rings. The lowest BCUT2D eigenvalue weighted by Crippen LogP contribution is -2.46. The number of ether oxygens (including phenoxy) is 2. The monoisotopic (exact) mass is 302 g/mol. The molecule has 118 valence electrons. The quantitative estimate of drug-likeness (QED) is 0.636. The normalized spacial score (nSPS) is 34.0. The fraction of sp³-hybridized carbons (Fsp3) is 0.556. The number of esters is 1. The van der Waals surface area contributed by atoms with Crippen LogP contribution in [0.4, 0.5) is 0 Å². The van der Waals surface area contributed by atoms with Crippen LogP contribution in [0.15, 0.2) is 30.3 Å². The average Bonchev–Trinajstić information content (AvgIpc) is 2.83. The van der Waals surface area contributed by atoms with Crippen LogP contribution in [0.1, 0.15) is 32.3 Å². The second-order valence-electron chi connectivity index (χ2n) is 6.70. The zero-order valence-corrected chi connectivity index (χ0v) is 13.2. The summed E-state index contributed by atoms with van der Waals surface area (Å²) in [6, 6.07) is 9.88. The third-order valence-electron chi connectivity index (χ3n) is 5.10. The van der Waals surface area contributed by atoms with Gasteiger partial charge in [0.1, 0.15) is 11.5 Å². The Labute approximate surface area is 130 Å². The molecule has 0 radical (unpaired) electrons. The van der Waals surface area contributed by atoms with E-state index in [-0.39, 0.29) is 24.2 Å². The summed E-state index contributed by atoms with van der Waals surface area (Å²) in [4.78, 5) is 24.7. The highest BCUT2D eigenvalue weighted by atomic mass is 16.5. The summed E-state index contributed by atoms with van der Waals surface area (Å²) in [6.07, 6.45) is 0.642. The molecule has 0 aromatic heterocycles. The van der Waals surface area contributed by atoms with Crippen molar-refractivity contribution in [1.29, 1.82) is 0 Å². The first kappa shape index (κ1) is 15.2. The lowest BCUT2D eigenvalue weighted by molar-refractivity contribution is -0.172. The number of methoxy groups -OCH3 is 1. The maximum absolute atomic E-state index is 12.6. The number of carbonyl (C=O) groups is 2. The number of carbonyl (C=O) groups excluding carboxylic acids is 2. The summed E-state index contributed by atoms with van der Waals surface area (Å²) in [5.74, 6) is -0.791. The lowest BCUT2D eigenvalue weighted by Gasteiger charge is -2.36. The van der Waals surface area contributed by atoms with Crippen molar-refractivity contribution in [2.24, 2.45) is 17.8 Å². The van der Waals surface area contributed by atoms with E-state index in [0.717, 1.165) is 12.0 Å². The Morgan fingerprint density at radius 2 is 2.00 bits per heavy atom. The first-order valence-corrected chi connectivity index (χ1v) is 7.82. The molecule has 2 aliphatic rings.